The number of benzene rings is 1. The van der Waals surface area contributed by atoms with Gasteiger partial charge in [0.1, 0.15) is 11.6 Å². The molecule has 90 valence electrons. The van der Waals surface area contributed by atoms with E-state index in [0.29, 0.717) is 5.56 Å². The Labute approximate surface area is 100.0 Å². The Hall–Kier alpha value is -2.43. The Kier molecular flexibility index (Phi) is 4.16. The third kappa shape index (κ3) is 2.78. The fourth-order valence-corrected chi connectivity index (χ4v) is 1.36. The highest BCUT2D eigenvalue weighted by atomic mass is 16.3. The number of allylic oxidation sites excluding steroid dienone is 1. The van der Waals surface area contributed by atoms with Crippen molar-refractivity contribution in [2.75, 3.05) is 7.05 Å². The monoisotopic (exact) mass is 232 g/mol. The summed E-state index contributed by atoms with van der Waals surface area (Å²) in [7, 11) is 1.61. The van der Waals surface area contributed by atoms with E-state index in [1.807, 2.05) is 6.07 Å². The van der Waals surface area contributed by atoms with Gasteiger partial charge in [0.2, 0.25) is 0 Å². The van der Waals surface area contributed by atoms with Crippen LogP contribution in [0.5, 0.6) is 0 Å². The number of hydrogen-bond acceptors (Lipinski definition) is 5. The molecule has 0 spiro atoms. The lowest BCUT2D eigenvalue weighted by molar-refractivity contribution is 0.424. The summed E-state index contributed by atoms with van der Waals surface area (Å²) in [5.41, 5.74) is 11.9. The van der Waals surface area contributed by atoms with E-state index >= 15 is 0 Å². The van der Waals surface area contributed by atoms with Crippen LogP contribution in [0.2, 0.25) is 0 Å². The average Bonchev–Trinajstić information content (AvgIpc) is 2.39. The molecule has 0 saturated heterocycles. The smallest absolute Gasteiger partial charge is 0.144 e. The van der Waals surface area contributed by atoms with Crippen LogP contribution in [0.25, 0.3) is 0 Å². The maximum absolute atomic E-state index is 9.67. The van der Waals surface area contributed by atoms with Crippen molar-refractivity contribution < 1.29 is 5.11 Å². The summed E-state index contributed by atoms with van der Waals surface area (Å²) in [5, 5.41) is 20.4. The summed E-state index contributed by atoms with van der Waals surface area (Å²) in [6.07, 6.45) is 1.01. The molecule has 0 aliphatic carbocycles. The molecule has 0 amide bonds. The van der Waals surface area contributed by atoms with Crippen LogP contribution in [0.15, 0.2) is 53.7 Å². The number of nitrogens with one attached hydrogen (secondary N) is 2. The van der Waals surface area contributed by atoms with Crippen LogP contribution in [0.4, 0.5) is 0 Å². The fraction of sp³-hybridized carbons (Fsp3) is 0.0833. The number of aliphatic hydroxyl groups excluding tert-OH is 1. The zero-order chi connectivity index (χ0) is 12.8. The third-order valence-electron chi connectivity index (χ3n) is 2.27. The van der Waals surface area contributed by atoms with Crippen molar-refractivity contribution in [3.63, 3.8) is 0 Å². The normalized spacial score (nSPS) is 12.9. The van der Waals surface area contributed by atoms with Crippen LogP contribution < -0.4 is 16.8 Å². The molecule has 7 N–H and O–H groups in total. The van der Waals surface area contributed by atoms with Crippen LogP contribution in [0.3, 0.4) is 0 Å². The molecule has 0 atom stereocenters. The first-order valence-corrected chi connectivity index (χ1v) is 5.04. The molecule has 1 aromatic carbocycles. The summed E-state index contributed by atoms with van der Waals surface area (Å²) in [5.74, 6) is -0.0382. The Morgan fingerprint density at radius 3 is 2.41 bits per heavy atom. The molecule has 1 rings (SSSR count). The van der Waals surface area contributed by atoms with E-state index in [4.69, 9.17) is 16.9 Å². The van der Waals surface area contributed by atoms with Gasteiger partial charge in [0, 0.05) is 18.8 Å². The summed E-state index contributed by atoms with van der Waals surface area (Å²) < 4.78 is 0. The van der Waals surface area contributed by atoms with E-state index in [1.54, 1.807) is 31.3 Å². The first-order chi connectivity index (χ1) is 8.11. The second kappa shape index (κ2) is 5.60. The average molecular weight is 232 g/mol. The molecule has 0 aliphatic heterocycles. The van der Waals surface area contributed by atoms with Crippen molar-refractivity contribution in [3.8, 4) is 0 Å². The highest BCUT2D eigenvalue weighted by molar-refractivity contribution is 6.13. The van der Waals surface area contributed by atoms with Gasteiger partial charge in [-0.2, -0.15) is 0 Å². The lowest BCUT2D eigenvalue weighted by atomic mass is 10.0. The Bertz CT molecular complexity index is 463. The van der Waals surface area contributed by atoms with Crippen LogP contribution in [-0.2, 0) is 0 Å². The summed E-state index contributed by atoms with van der Waals surface area (Å²) in [4.78, 5) is 0. The molecule has 0 radical (unpaired) electrons. The zero-order valence-electron chi connectivity index (χ0n) is 9.57. The molecular formula is C12H16N4O. The predicted octanol–water partition coefficient (Wildman–Crippen LogP) is 0.802. The van der Waals surface area contributed by atoms with Crippen molar-refractivity contribution in [2.45, 2.75) is 0 Å². The van der Waals surface area contributed by atoms with Gasteiger partial charge in [-0.25, -0.2) is 0 Å². The maximum atomic E-state index is 9.67. The largest absolute Gasteiger partial charge is 0.506 e. The molecule has 5 heteroatoms. The summed E-state index contributed by atoms with van der Waals surface area (Å²) >= 11 is 0. The Morgan fingerprint density at radius 2 is 1.94 bits per heavy atom. The van der Waals surface area contributed by atoms with Crippen molar-refractivity contribution in [2.24, 2.45) is 11.5 Å². The van der Waals surface area contributed by atoms with Crippen LogP contribution in [0, 0.1) is 5.41 Å². The minimum atomic E-state index is -0.231. The van der Waals surface area contributed by atoms with Gasteiger partial charge in [0.15, 0.2) is 0 Å². The first kappa shape index (κ1) is 12.6. The zero-order valence-corrected chi connectivity index (χ0v) is 9.57. The Morgan fingerprint density at radius 1 is 1.35 bits per heavy atom. The molecule has 17 heavy (non-hydrogen) atoms. The molecule has 0 heterocycles. The van der Waals surface area contributed by atoms with Gasteiger partial charge >= 0.3 is 0 Å². The van der Waals surface area contributed by atoms with Gasteiger partial charge in [-0.1, -0.05) is 30.3 Å². The third-order valence-corrected chi connectivity index (χ3v) is 2.27. The van der Waals surface area contributed by atoms with Gasteiger partial charge < -0.3 is 21.9 Å². The van der Waals surface area contributed by atoms with Gasteiger partial charge in [-0.3, -0.25) is 5.41 Å². The van der Waals surface area contributed by atoms with Crippen LogP contribution in [0.1, 0.15) is 5.56 Å². The molecule has 0 bridgehead atoms. The summed E-state index contributed by atoms with van der Waals surface area (Å²) in [6, 6.07) is 8.98. The number of rotatable bonds is 4. The molecule has 0 saturated carbocycles. The van der Waals surface area contributed by atoms with Crippen molar-refractivity contribution in [3.05, 3.63) is 59.2 Å². The lowest BCUT2D eigenvalue weighted by Gasteiger charge is -2.12. The van der Waals surface area contributed by atoms with E-state index in [1.165, 1.54) is 0 Å². The molecule has 5 nitrogen and oxygen atoms in total. The number of hydrogen-bond donors (Lipinski definition) is 5. The van der Waals surface area contributed by atoms with E-state index in [2.05, 4.69) is 5.32 Å². The van der Waals surface area contributed by atoms with E-state index < -0.39 is 0 Å². The minimum absolute atomic E-state index is 0.108. The second-order valence-electron chi connectivity index (χ2n) is 3.33. The fourth-order valence-electron chi connectivity index (χ4n) is 1.36. The van der Waals surface area contributed by atoms with Crippen molar-refractivity contribution in [1.29, 1.82) is 5.41 Å². The van der Waals surface area contributed by atoms with Crippen LogP contribution in [-0.4, -0.2) is 17.9 Å². The minimum Gasteiger partial charge on any atom is -0.506 e. The summed E-state index contributed by atoms with van der Waals surface area (Å²) in [6.45, 7) is 0. The molecule has 0 fully saturated rings. The first-order valence-electron chi connectivity index (χ1n) is 5.04. The predicted molar refractivity (Wildman–Crippen MR) is 68.4 cm³/mol. The molecule has 0 aliphatic rings. The van der Waals surface area contributed by atoms with Crippen molar-refractivity contribution in [1.82, 2.24) is 5.32 Å². The van der Waals surface area contributed by atoms with Gasteiger partial charge in [0.05, 0.1) is 11.3 Å². The number of nitrogens with two attached hydrogens (primary N) is 2. The highest BCUT2D eigenvalue weighted by Gasteiger charge is 2.15. The van der Waals surface area contributed by atoms with Gasteiger partial charge in [-0.15, -0.1) is 0 Å². The van der Waals surface area contributed by atoms with Crippen LogP contribution >= 0.6 is 0 Å². The number of aliphatic hydroxyl groups is 1. The molecule has 1 aromatic rings. The molecular weight excluding hydrogens is 216 g/mol. The van der Waals surface area contributed by atoms with E-state index in [9.17, 15) is 5.11 Å². The quantitative estimate of drug-likeness (QED) is 0.300. The topological polar surface area (TPSA) is 108 Å². The Balaban J connectivity index is 3.23. The highest BCUT2D eigenvalue weighted by Crippen LogP contribution is 2.15. The van der Waals surface area contributed by atoms with E-state index in [-0.39, 0.29) is 22.9 Å². The molecule has 0 unspecified atom stereocenters. The SMILES string of the molecule is CN/C(N)=C(C(=N)c1ccccc1)/C(O)=C\N. The van der Waals surface area contributed by atoms with E-state index in [0.717, 1.165) is 6.20 Å². The standard InChI is InChI=1S/C12H16N4O/c1-16-12(15)10(9(17)7-13)11(14)8-5-3-2-4-6-8/h2-7,14,16-17H,13,15H2,1H3/b9-7+,12-10-,14-11?. The second-order valence-corrected chi connectivity index (χ2v) is 3.33. The molecule has 0 aromatic heterocycles. The van der Waals surface area contributed by atoms with Crippen molar-refractivity contribution >= 4 is 5.71 Å². The maximum Gasteiger partial charge on any atom is 0.144 e. The van der Waals surface area contributed by atoms with Gasteiger partial charge in [0.25, 0.3) is 0 Å². The van der Waals surface area contributed by atoms with Gasteiger partial charge in [-0.05, 0) is 0 Å². The lowest BCUT2D eigenvalue weighted by Crippen LogP contribution is -2.23.